The van der Waals surface area contributed by atoms with Crippen LogP contribution in [0.2, 0.25) is 0 Å². The van der Waals surface area contributed by atoms with E-state index in [1.165, 1.54) is 12.1 Å². The molecule has 0 aliphatic carbocycles. The number of non-ortho nitro benzene ring substituents is 1. The molecule has 26 heavy (non-hydrogen) atoms. The largest absolute Gasteiger partial charge is 0.462 e. The van der Waals surface area contributed by atoms with E-state index in [1.54, 1.807) is 11.8 Å². The molecule has 0 N–H and O–H groups in total. The Kier molecular flexibility index (Phi) is 6.43. The van der Waals surface area contributed by atoms with Crippen LogP contribution < -0.4 is 0 Å². The van der Waals surface area contributed by atoms with Crippen molar-refractivity contribution in [2.75, 3.05) is 13.2 Å². The lowest BCUT2D eigenvalue weighted by Crippen LogP contribution is -2.30. The quantitative estimate of drug-likeness (QED) is 0.431. The zero-order chi connectivity index (χ0) is 19.1. The first kappa shape index (κ1) is 19.1. The molecule has 2 rings (SSSR count). The van der Waals surface area contributed by atoms with Gasteiger partial charge < -0.3 is 9.64 Å². The second-order valence-corrected chi connectivity index (χ2v) is 5.55. The highest BCUT2D eigenvalue weighted by atomic mass is 16.6. The molecule has 0 fully saturated rings. The summed E-state index contributed by atoms with van der Waals surface area (Å²) in [6.07, 6.45) is 0. The highest BCUT2D eigenvalue weighted by molar-refractivity contribution is 5.99. The molecule has 0 saturated carbocycles. The Labute approximate surface area is 151 Å². The van der Waals surface area contributed by atoms with Crippen molar-refractivity contribution >= 4 is 17.6 Å². The number of nitro groups is 1. The Hall–Kier alpha value is -3.22. The number of hydrogen-bond donors (Lipinski definition) is 0. The fourth-order valence-corrected chi connectivity index (χ4v) is 2.49. The Morgan fingerprint density at radius 2 is 1.73 bits per heavy atom. The molecule has 0 aliphatic rings. The van der Waals surface area contributed by atoms with Crippen molar-refractivity contribution in [1.82, 2.24) is 4.90 Å². The third-order valence-corrected chi connectivity index (χ3v) is 3.77. The maximum Gasteiger partial charge on any atom is 0.338 e. The van der Waals surface area contributed by atoms with Crippen LogP contribution in [-0.4, -0.2) is 34.9 Å². The van der Waals surface area contributed by atoms with E-state index in [9.17, 15) is 19.7 Å². The lowest BCUT2D eigenvalue weighted by molar-refractivity contribution is -0.384. The highest BCUT2D eigenvalue weighted by Gasteiger charge is 2.21. The fourth-order valence-electron chi connectivity index (χ4n) is 2.49. The van der Waals surface area contributed by atoms with Gasteiger partial charge in [-0.3, -0.25) is 14.9 Å². The van der Waals surface area contributed by atoms with Crippen molar-refractivity contribution in [2.45, 2.75) is 20.4 Å². The maximum absolute atomic E-state index is 12.8. The van der Waals surface area contributed by atoms with Gasteiger partial charge >= 0.3 is 5.97 Å². The molecular weight excluding hydrogens is 336 g/mol. The van der Waals surface area contributed by atoms with E-state index in [-0.39, 0.29) is 29.3 Å². The van der Waals surface area contributed by atoms with Gasteiger partial charge in [0.15, 0.2) is 0 Å². The zero-order valence-corrected chi connectivity index (χ0v) is 14.7. The fraction of sp³-hybridized carbons (Fsp3) is 0.263. The smallest absolute Gasteiger partial charge is 0.338 e. The first-order valence-electron chi connectivity index (χ1n) is 8.26. The molecule has 7 heteroatoms. The standard InChI is InChI=1S/C19H20N2O5/c1-3-20(13-14-8-6-5-7-9-14)18(22)15-10-16(19(23)26-4-2)12-17(11-15)21(24)25/h5-12H,3-4,13H2,1-2H3. The predicted octanol–water partition coefficient (Wildman–Crippen LogP) is 3.43. The Morgan fingerprint density at radius 3 is 2.31 bits per heavy atom. The monoisotopic (exact) mass is 356 g/mol. The molecule has 0 unspecified atom stereocenters. The van der Waals surface area contributed by atoms with Crippen molar-refractivity contribution in [1.29, 1.82) is 0 Å². The van der Waals surface area contributed by atoms with Crippen molar-refractivity contribution in [3.05, 3.63) is 75.3 Å². The van der Waals surface area contributed by atoms with Crippen LogP contribution in [0.3, 0.4) is 0 Å². The summed E-state index contributed by atoms with van der Waals surface area (Å²) in [5.74, 6) is -1.08. The summed E-state index contributed by atoms with van der Waals surface area (Å²) in [4.78, 5) is 36.9. The van der Waals surface area contributed by atoms with Crippen LogP contribution in [0, 0.1) is 10.1 Å². The number of carbonyl (C=O) groups excluding carboxylic acids is 2. The average molecular weight is 356 g/mol. The molecule has 0 spiro atoms. The summed E-state index contributed by atoms with van der Waals surface area (Å²) in [5.41, 5.74) is 0.689. The van der Waals surface area contributed by atoms with Gasteiger partial charge in [-0.05, 0) is 25.5 Å². The zero-order valence-electron chi connectivity index (χ0n) is 14.7. The van der Waals surface area contributed by atoms with Crippen LogP contribution in [0.4, 0.5) is 5.69 Å². The van der Waals surface area contributed by atoms with Gasteiger partial charge in [0.05, 0.1) is 17.1 Å². The van der Waals surface area contributed by atoms with Crippen LogP contribution >= 0.6 is 0 Å². The van der Waals surface area contributed by atoms with Crippen molar-refractivity contribution < 1.29 is 19.2 Å². The molecule has 0 radical (unpaired) electrons. The van der Waals surface area contributed by atoms with Crippen molar-refractivity contribution in [3.63, 3.8) is 0 Å². The van der Waals surface area contributed by atoms with Gasteiger partial charge in [0.25, 0.3) is 11.6 Å². The Morgan fingerprint density at radius 1 is 1.08 bits per heavy atom. The number of rotatable bonds is 7. The van der Waals surface area contributed by atoms with Gasteiger partial charge in [0.1, 0.15) is 0 Å². The van der Waals surface area contributed by atoms with Gasteiger partial charge in [0, 0.05) is 30.8 Å². The summed E-state index contributed by atoms with van der Waals surface area (Å²) in [6, 6.07) is 13.1. The second-order valence-electron chi connectivity index (χ2n) is 5.55. The molecule has 2 aromatic rings. The van der Waals surface area contributed by atoms with E-state index < -0.39 is 10.9 Å². The van der Waals surface area contributed by atoms with E-state index >= 15 is 0 Å². The van der Waals surface area contributed by atoms with Gasteiger partial charge in [-0.1, -0.05) is 30.3 Å². The molecule has 0 aromatic heterocycles. The number of nitro benzene ring substituents is 1. The van der Waals surface area contributed by atoms with Crippen LogP contribution in [0.25, 0.3) is 0 Å². The Bertz CT molecular complexity index is 805. The predicted molar refractivity (Wildman–Crippen MR) is 95.9 cm³/mol. The number of ether oxygens (including phenoxy) is 1. The van der Waals surface area contributed by atoms with E-state index in [2.05, 4.69) is 0 Å². The van der Waals surface area contributed by atoms with Crippen LogP contribution in [0.15, 0.2) is 48.5 Å². The summed E-state index contributed by atoms with van der Waals surface area (Å²) in [6.45, 7) is 4.39. The molecule has 0 bridgehead atoms. The minimum Gasteiger partial charge on any atom is -0.462 e. The number of esters is 1. The number of carbonyl (C=O) groups is 2. The first-order chi connectivity index (χ1) is 12.5. The summed E-state index contributed by atoms with van der Waals surface area (Å²) in [5, 5.41) is 11.2. The number of hydrogen-bond acceptors (Lipinski definition) is 5. The topological polar surface area (TPSA) is 89.8 Å². The molecule has 7 nitrogen and oxygen atoms in total. The van der Waals surface area contributed by atoms with Gasteiger partial charge in [0.2, 0.25) is 0 Å². The summed E-state index contributed by atoms with van der Waals surface area (Å²) in [7, 11) is 0. The molecule has 0 atom stereocenters. The number of amides is 1. The van der Waals surface area contributed by atoms with Crippen molar-refractivity contribution in [2.24, 2.45) is 0 Å². The third-order valence-electron chi connectivity index (χ3n) is 3.77. The lowest BCUT2D eigenvalue weighted by atomic mass is 10.1. The van der Waals surface area contributed by atoms with Crippen LogP contribution in [-0.2, 0) is 11.3 Å². The summed E-state index contributed by atoms with van der Waals surface area (Å²) >= 11 is 0. The normalized spacial score (nSPS) is 10.2. The minimum atomic E-state index is -0.698. The minimum absolute atomic E-state index is 0.0137. The maximum atomic E-state index is 12.8. The van der Waals surface area contributed by atoms with Gasteiger partial charge in [-0.15, -0.1) is 0 Å². The van der Waals surface area contributed by atoms with Crippen LogP contribution in [0.5, 0.6) is 0 Å². The molecule has 1 amide bonds. The molecule has 0 aliphatic heterocycles. The third kappa shape index (κ3) is 4.66. The molecule has 136 valence electrons. The summed E-state index contributed by atoms with van der Waals surface area (Å²) < 4.78 is 4.89. The SMILES string of the molecule is CCOC(=O)c1cc(C(=O)N(CC)Cc2ccccc2)cc([N+](=O)[O-])c1. The van der Waals surface area contributed by atoms with Gasteiger partial charge in [-0.25, -0.2) is 4.79 Å². The second kappa shape index (κ2) is 8.75. The van der Waals surface area contributed by atoms with Gasteiger partial charge in [-0.2, -0.15) is 0 Å². The van der Waals surface area contributed by atoms with Crippen molar-refractivity contribution in [3.8, 4) is 0 Å². The molecule has 0 saturated heterocycles. The van der Waals surface area contributed by atoms with Crippen LogP contribution in [0.1, 0.15) is 40.1 Å². The first-order valence-corrected chi connectivity index (χ1v) is 8.26. The van der Waals surface area contributed by atoms with E-state index in [0.717, 1.165) is 11.6 Å². The molecule has 0 heterocycles. The lowest BCUT2D eigenvalue weighted by Gasteiger charge is -2.21. The average Bonchev–Trinajstić information content (AvgIpc) is 2.66. The number of benzene rings is 2. The Balaban J connectivity index is 2.36. The molecular formula is C19H20N2O5. The van der Waals surface area contributed by atoms with E-state index in [4.69, 9.17) is 4.74 Å². The highest BCUT2D eigenvalue weighted by Crippen LogP contribution is 2.20. The molecule has 2 aromatic carbocycles. The number of nitrogens with zero attached hydrogens (tertiary/aromatic N) is 2. The van der Waals surface area contributed by atoms with E-state index in [1.807, 2.05) is 37.3 Å². The van der Waals surface area contributed by atoms with E-state index in [0.29, 0.717) is 13.1 Å².